The second-order valence-electron chi connectivity index (χ2n) is 5.03. The summed E-state index contributed by atoms with van der Waals surface area (Å²) in [5.41, 5.74) is 0.924. The van der Waals surface area contributed by atoms with Crippen molar-refractivity contribution in [1.82, 2.24) is 10.2 Å². The van der Waals surface area contributed by atoms with Crippen LogP contribution in [0.3, 0.4) is 0 Å². The fourth-order valence-electron chi connectivity index (χ4n) is 1.88. The number of carbonyl (C=O) groups is 1. The van der Waals surface area contributed by atoms with E-state index < -0.39 is 0 Å². The lowest BCUT2D eigenvalue weighted by atomic mass is 10.2. The third kappa shape index (κ3) is 5.86. The van der Waals surface area contributed by atoms with Gasteiger partial charge in [-0.05, 0) is 24.3 Å². The average Bonchev–Trinajstić information content (AvgIpc) is 2.61. The molecular formula is C19H19ClN2O2. The number of para-hydroxylation sites is 1. The molecule has 0 aliphatic rings. The van der Waals surface area contributed by atoms with Crippen LogP contribution in [0.2, 0.25) is 5.02 Å². The van der Waals surface area contributed by atoms with Gasteiger partial charge in [-0.15, -0.1) is 0 Å². The third-order valence-electron chi connectivity index (χ3n) is 3.20. The van der Waals surface area contributed by atoms with Gasteiger partial charge in [0.1, 0.15) is 12.4 Å². The highest BCUT2D eigenvalue weighted by molar-refractivity contribution is 6.32. The van der Waals surface area contributed by atoms with Gasteiger partial charge in [0, 0.05) is 12.6 Å². The summed E-state index contributed by atoms with van der Waals surface area (Å²) in [6.45, 7) is 1.11. The molecule has 0 heterocycles. The molecule has 2 aromatic rings. The molecule has 0 aromatic heterocycles. The van der Waals surface area contributed by atoms with Gasteiger partial charge in [-0.2, -0.15) is 0 Å². The Morgan fingerprint density at radius 1 is 1.17 bits per heavy atom. The molecule has 24 heavy (non-hydrogen) atoms. The number of urea groups is 1. The smallest absolute Gasteiger partial charge is 0.318 e. The van der Waals surface area contributed by atoms with E-state index in [-0.39, 0.29) is 6.03 Å². The molecule has 0 fully saturated rings. The largest absolute Gasteiger partial charge is 0.490 e. The summed E-state index contributed by atoms with van der Waals surface area (Å²) in [6, 6.07) is 16.7. The highest BCUT2D eigenvalue weighted by atomic mass is 35.5. The van der Waals surface area contributed by atoms with Crippen LogP contribution in [0, 0.1) is 11.8 Å². The SMILES string of the molecule is CN(CCOc1ccccc1Cl)C(=O)NCC#Cc1ccccc1. The van der Waals surface area contributed by atoms with Crippen LogP contribution >= 0.6 is 11.6 Å². The molecule has 5 heteroatoms. The van der Waals surface area contributed by atoms with Gasteiger partial charge in [0.05, 0.1) is 18.1 Å². The molecule has 2 aromatic carbocycles. The van der Waals surface area contributed by atoms with Gasteiger partial charge in [-0.1, -0.05) is 53.8 Å². The van der Waals surface area contributed by atoms with Crippen LogP contribution in [0.25, 0.3) is 0 Å². The number of amides is 2. The van der Waals surface area contributed by atoms with Crippen molar-refractivity contribution in [2.24, 2.45) is 0 Å². The zero-order valence-electron chi connectivity index (χ0n) is 13.5. The van der Waals surface area contributed by atoms with Gasteiger partial charge in [-0.25, -0.2) is 4.79 Å². The summed E-state index contributed by atoms with van der Waals surface area (Å²) in [6.07, 6.45) is 0. The van der Waals surface area contributed by atoms with Crippen LogP contribution in [0.15, 0.2) is 54.6 Å². The molecule has 0 unspecified atom stereocenters. The highest BCUT2D eigenvalue weighted by Gasteiger charge is 2.07. The van der Waals surface area contributed by atoms with E-state index in [1.807, 2.05) is 42.5 Å². The molecule has 0 radical (unpaired) electrons. The average molecular weight is 343 g/mol. The first-order valence-corrected chi connectivity index (χ1v) is 7.95. The quantitative estimate of drug-likeness (QED) is 0.846. The van der Waals surface area contributed by atoms with Gasteiger partial charge in [-0.3, -0.25) is 0 Å². The van der Waals surface area contributed by atoms with Crippen LogP contribution in [0.1, 0.15) is 5.56 Å². The Morgan fingerprint density at radius 2 is 1.88 bits per heavy atom. The second-order valence-corrected chi connectivity index (χ2v) is 5.43. The first-order valence-electron chi connectivity index (χ1n) is 7.57. The first kappa shape index (κ1) is 17.7. The van der Waals surface area contributed by atoms with Crippen molar-refractivity contribution < 1.29 is 9.53 Å². The lowest BCUT2D eigenvalue weighted by Gasteiger charge is -2.17. The molecular weight excluding hydrogens is 324 g/mol. The number of nitrogens with zero attached hydrogens (tertiary/aromatic N) is 1. The number of nitrogens with one attached hydrogen (secondary N) is 1. The molecule has 0 aliphatic heterocycles. The fourth-order valence-corrected chi connectivity index (χ4v) is 2.07. The van der Waals surface area contributed by atoms with Crippen molar-refractivity contribution in [2.75, 3.05) is 26.7 Å². The zero-order valence-corrected chi connectivity index (χ0v) is 14.2. The van der Waals surface area contributed by atoms with E-state index in [0.717, 1.165) is 5.56 Å². The monoisotopic (exact) mass is 342 g/mol. The van der Waals surface area contributed by atoms with Crippen molar-refractivity contribution in [3.63, 3.8) is 0 Å². The summed E-state index contributed by atoms with van der Waals surface area (Å²) in [4.78, 5) is 13.5. The molecule has 2 rings (SSSR count). The Balaban J connectivity index is 1.69. The minimum atomic E-state index is -0.194. The summed E-state index contributed by atoms with van der Waals surface area (Å²) >= 11 is 6.00. The minimum absolute atomic E-state index is 0.194. The van der Waals surface area contributed by atoms with E-state index in [1.165, 1.54) is 0 Å². The van der Waals surface area contributed by atoms with Crippen molar-refractivity contribution in [2.45, 2.75) is 0 Å². The molecule has 0 atom stereocenters. The van der Waals surface area contributed by atoms with E-state index in [0.29, 0.717) is 30.5 Å². The lowest BCUT2D eigenvalue weighted by Crippen LogP contribution is -2.39. The molecule has 0 spiro atoms. The summed E-state index contributed by atoms with van der Waals surface area (Å²) in [5, 5.41) is 3.30. The van der Waals surface area contributed by atoms with Gasteiger partial charge in [0.2, 0.25) is 0 Å². The Kier molecular flexibility index (Phi) is 7.00. The number of carbonyl (C=O) groups excluding carboxylic acids is 1. The van der Waals surface area contributed by atoms with Crippen molar-refractivity contribution in [3.05, 3.63) is 65.2 Å². The standard InChI is InChI=1S/C19H19ClN2O2/c1-22(14-15-24-18-12-6-5-11-17(18)20)19(23)21-13-7-10-16-8-3-2-4-9-16/h2-6,8-9,11-12H,13-15H2,1H3,(H,21,23). The van der Waals surface area contributed by atoms with Crippen molar-refractivity contribution in [1.29, 1.82) is 0 Å². The molecule has 2 amide bonds. The van der Waals surface area contributed by atoms with E-state index in [2.05, 4.69) is 17.2 Å². The number of halogens is 1. The Morgan fingerprint density at radius 3 is 2.62 bits per heavy atom. The van der Waals surface area contributed by atoms with Crippen LogP contribution in [-0.4, -0.2) is 37.7 Å². The predicted molar refractivity (Wildman–Crippen MR) is 96.3 cm³/mol. The summed E-state index contributed by atoms with van der Waals surface area (Å²) in [5.74, 6) is 6.52. The van der Waals surface area contributed by atoms with Gasteiger partial charge in [0.25, 0.3) is 0 Å². The minimum Gasteiger partial charge on any atom is -0.490 e. The molecule has 124 valence electrons. The zero-order chi connectivity index (χ0) is 17.2. The maximum atomic E-state index is 11.9. The first-order chi connectivity index (χ1) is 11.7. The van der Waals surface area contributed by atoms with E-state index in [1.54, 1.807) is 24.1 Å². The molecule has 0 saturated carbocycles. The van der Waals surface area contributed by atoms with Gasteiger partial charge >= 0.3 is 6.03 Å². The van der Waals surface area contributed by atoms with Crippen LogP contribution in [0.5, 0.6) is 5.75 Å². The number of ether oxygens (including phenoxy) is 1. The fraction of sp³-hybridized carbons (Fsp3) is 0.211. The van der Waals surface area contributed by atoms with Crippen LogP contribution in [-0.2, 0) is 0 Å². The number of hydrogen-bond acceptors (Lipinski definition) is 2. The normalized spacial score (nSPS) is 9.58. The Bertz CT molecular complexity index is 723. The summed E-state index contributed by atoms with van der Waals surface area (Å²) < 4.78 is 5.56. The molecule has 0 aliphatic carbocycles. The summed E-state index contributed by atoms with van der Waals surface area (Å²) in [7, 11) is 1.70. The van der Waals surface area contributed by atoms with E-state index >= 15 is 0 Å². The maximum absolute atomic E-state index is 11.9. The number of benzene rings is 2. The molecule has 0 bridgehead atoms. The second kappa shape index (κ2) is 9.49. The molecule has 0 saturated heterocycles. The molecule has 1 N–H and O–H groups in total. The number of hydrogen-bond donors (Lipinski definition) is 1. The van der Waals surface area contributed by atoms with E-state index in [4.69, 9.17) is 16.3 Å². The highest BCUT2D eigenvalue weighted by Crippen LogP contribution is 2.22. The predicted octanol–water partition coefficient (Wildman–Crippen LogP) is 3.41. The van der Waals surface area contributed by atoms with Crippen LogP contribution in [0.4, 0.5) is 4.79 Å². The van der Waals surface area contributed by atoms with Gasteiger partial charge in [0.15, 0.2) is 0 Å². The topological polar surface area (TPSA) is 41.6 Å². The van der Waals surface area contributed by atoms with Crippen molar-refractivity contribution >= 4 is 17.6 Å². The van der Waals surface area contributed by atoms with Crippen molar-refractivity contribution in [3.8, 4) is 17.6 Å². The lowest BCUT2D eigenvalue weighted by molar-refractivity contribution is 0.196. The number of likely N-dealkylation sites (N-methyl/N-ethyl adjacent to an activating group) is 1. The third-order valence-corrected chi connectivity index (χ3v) is 3.51. The number of rotatable bonds is 5. The molecule has 4 nitrogen and oxygen atoms in total. The maximum Gasteiger partial charge on any atom is 0.318 e. The van der Waals surface area contributed by atoms with Gasteiger partial charge < -0.3 is 15.0 Å². The van der Waals surface area contributed by atoms with E-state index in [9.17, 15) is 4.79 Å². The Labute approximate surface area is 147 Å². The van der Waals surface area contributed by atoms with Crippen LogP contribution < -0.4 is 10.1 Å². The Hall–Kier alpha value is -2.64.